The zero-order valence-electron chi connectivity index (χ0n) is 11.3. The molecule has 0 aromatic heterocycles. The summed E-state index contributed by atoms with van der Waals surface area (Å²) in [6.07, 6.45) is 0. The smallest absolute Gasteiger partial charge is 0.128 e. The largest absolute Gasteiger partial charge is 0.378 e. The summed E-state index contributed by atoms with van der Waals surface area (Å²) >= 11 is 0. The molecule has 3 nitrogen and oxygen atoms in total. The maximum absolute atomic E-state index is 13.9. The van der Waals surface area contributed by atoms with Crippen LogP contribution in [0.4, 0.5) is 8.78 Å². The summed E-state index contributed by atoms with van der Waals surface area (Å²) in [7, 11) is 0. The Morgan fingerprint density at radius 2 is 2.16 bits per heavy atom. The topological polar surface area (TPSA) is 38.5 Å². The Kier molecular flexibility index (Phi) is 4.18. The molecule has 1 aliphatic heterocycles. The average molecular weight is 270 g/mol. The van der Waals surface area contributed by atoms with Gasteiger partial charge in [0.05, 0.1) is 19.3 Å². The third kappa shape index (κ3) is 2.94. The summed E-state index contributed by atoms with van der Waals surface area (Å²) in [5, 5.41) is 0. The molecule has 1 unspecified atom stereocenters. The fraction of sp³-hybridized carbons (Fsp3) is 0.571. The zero-order chi connectivity index (χ0) is 14.0. The van der Waals surface area contributed by atoms with Crippen molar-refractivity contribution in [1.82, 2.24) is 4.90 Å². The van der Waals surface area contributed by atoms with Crippen LogP contribution in [0.25, 0.3) is 0 Å². The van der Waals surface area contributed by atoms with Crippen molar-refractivity contribution >= 4 is 0 Å². The molecule has 2 N–H and O–H groups in total. The van der Waals surface area contributed by atoms with Gasteiger partial charge in [-0.3, -0.25) is 4.90 Å². The van der Waals surface area contributed by atoms with Gasteiger partial charge in [0.2, 0.25) is 0 Å². The Balaban J connectivity index is 2.35. The van der Waals surface area contributed by atoms with E-state index < -0.39 is 11.6 Å². The first-order valence-electron chi connectivity index (χ1n) is 6.45. The Morgan fingerprint density at radius 3 is 2.79 bits per heavy atom. The second kappa shape index (κ2) is 5.53. The number of morpholine rings is 1. The average Bonchev–Trinajstić information content (AvgIpc) is 2.36. The monoisotopic (exact) mass is 270 g/mol. The third-order valence-corrected chi connectivity index (χ3v) is 3.63. The molecule has 1 aromatic rings. The van der Waals surface area contributed by atoms with Gasteiger partial charge in [-0.2, -0.15) is 0 Å². The molecular weight excluding hydrogens is 250 g/mol. The fourth-order valence-corrected chi connectivity index (χ4v) is 2.64. The Morgan fingerprint density at radius 1 is 1.42 bits per heavy atom. The van der Waals surface area contributed by atoms with E-state index in [9.17, 15) is 8.78 Å². The van der Waals surface area contributed by atoms with Crippen molar-refractivity contribution in [3.8, 4) is 0 Å². The minimum Gasteiger partial charge on any atom is -0.378 e. The van der Waals surface area contributed by atoms with Crippen LogP contribution in [0.1, 0.15) is 25.5 Å². The van der Waals surface area contributed by atoms with Gasteiger partial charge in [0.15, 0.2) is 0 Å². The van der Waals surface area contributed by atoms with Crippen LogP contribution < -0.4 is 5.73 Å². The van der Waals surface area contributed by atoms with Crippen molar-refractivity contribution < 1.29 is 13.5 Å². The van der Waals surface area contributed by atoms with E-state index in [1.165, 1.54) is 6.07 Å². The van der Waals surface area contributed by atoms with Crippen LogP contribution in [0.2, 0.25) is 0 Å². The highest BCUT2D eigenvalue weighted by atomic mass is 19.1. The molecule has 1 heterocycles. The van der Waals surface area contributed by atoms with Gasteiger partial charge < -0.3 is 10.5 Å². The first kappa shape index (κ1) is 14.4. The van der Waals surface area contributed by atoms with E-state index >= 15 is 0 Å². The highest BCUT2D eigenvalue weighted by Gasteiger charge is 2.36. The van der Waals surface area contributed by atoms with Crippen LogP contribution in [0.5, 0.6) is 0 Å². The number of benzene rings is 1. The number of halogens is 2. The first-order chi connectivity index (χ1) is 8.95. The summed E-state index contributed by atoms with van der Waals surface area (Å²) in [4.78, 5) is 2.09. The van der Waals surface area contributed by atoms with Gasteiger partial charge in [-0.1, -0.05) is 0 Å². The van der Waals surface area contributed by atoms with Crippen molar-refractivity contribution in [1.29, 1.82) is 0 Å². The van der Waals surface area contributed by atoms with Crippen molar-refractivity contribution in [2.24, 2.45) is 5.73 Å². The normalized spacial score (nSPS) is 21.3. The number of hydrogen-bond donors (Lipinski definition) is 1. The molecule has 0 radical (unpaired) electrons. The minimum atomic E-state index is -0.444. The second-order valence-corrected chi connectivity index (χ2v) is 5.48. The predicted octanol–water partition coefficient (Wildman–Crippen LogP) is 2.08. The molecule has 5 heteroatoms. The SMILES string of the molecule is CC1(C)COCCN1C(CN)c1cc(F)ccc1F. The summed E-state index contributed by atoms with van der Waals surface area (Å²) in [6, 6.07) is 3.17. The molecule has 1 fully saturated rings. The maximum atomic E-state index is 13.9. The maximum Gasteiger partial charge on any atom is 0.128 e. The van der Waals surface area contributed by atoms with E-state index in [1.807, 2.05) is 13.8 Å². The summed E-state index contributed by atoms with van der Waals surface area (Å²) < 4.78 is 32.7. The summed E-state index contributed by atoms with van der Waals surface area (Å²) in [6.45, 7) is 6.07. The van der Waals surface area contributed by atoms with Gasteiger partial charge in [0.1, 0.15) is 11.6 Å². The van der Waals surface area contributed by atoms with E-state index in [1.54, 1.807) is 0 Å². The lowest BCUT2D eigenvalue weighted by Gasteiger charge is -2.46. The molecule has 1 aliphatic rings. The van der Waals surface area contributed by atoms with Crippen molar-refractivity contribution in [3.63, 3.8) is 0 Å². The molecular formula is C14H20F2N2O. The number of ether oxygens (including phenoxy) is 1. The molecule has 1 saturated heterocycles. The molecule has 1 aromatic carbocycles. The van der Waals surface area contributed by atoms with Gasteiger partial charge >= 0.3 is 0 Å². The predicted molar refractivity (Wildman–Crippen MR) is 69.8 cm³/mol. The van der Waals surface area contributed by atoms with Crippen LogP contribution in [-0.2, 0) is 4.74 Å². The van der Waals surface area contributed by atoms with Crippen LogP contribution in [-0.4, -0.2) is 36.7 Å². The van der Waals surface area contributed by atoms with Crippen LogP contribution in [0, 0.1) is 11.6 Å². The summed E-state index contributed by atoms with van der Waals surface area (Å²) in [5.74, 6) is -0.861. The molecule has 2 rings (SSSR count). The van der Waals surface area contributed by atoms with E-state index in [-0.39, 0.29) is 18.1 Å². The van der Waals surface area contributed by atoms with Crippen LogP contribution in [0.3, 0.4) is 0 Å². The minimum absolute atomic E-state index is 0.240. The lowest BCUT2D eigenvalue weighted by Crippen LogP contribution is -2.55. The molecule has 0 bridgehead atoms. The van der Waals surface area contributed by atoms with Gasteiger partial charge in [0.25, 0.3) is 0 Å². The van der Waals surface area contributed by atoms with E-state index in [4.69, 9.17) is 10.5 Å². The highest BCUT2D eigenvalue weighted by Crippen LogP contribution is 2.31. The van der Waals surface area contributed by atoms with Crippen molar-refractivity contribution in [2.45, 2.75) is 25.4 Å². The number of nitrogens with two attached hydrogens (primary N) is 1. The zero-order valence-corrected chi connectivity index (χ0v) is 11.3. The number of nitrogens with zero attached hydrogens (tertiary/aromatic N) is 1. The molecule has 0 spiro atoms. The lowest BCUT2D eigenvalue weighted by molar-refractivity contribution is -0.0718. The Hall–Kier alpha value is -1.04. The third-order valence-electron chi connectivity index (χ3n) is 3.63. The Labute approximate surface area is 112 Å². The standard InChI is InChI=1S/C14H20F2N2O/c1-14(2)9-19-6-5-18(14)13(8-17)11-7-10(15)3-4-12(11)16/h3-4,7,13H,5-6,8-9,17H2,1-2H3. The van der Waals surface area contributed by atoms with Crippen LogP contribution in [0.15, 0.2) is 18.2 Å². The van der Waals surface area contributed by atoms with Crippen LogP contribution >= 0.6 is 0 Å². The van der Waals surface area contributed by atoms with Crippen molar-refractivity contribution in [2.75, 3.05) is 26.3 Å². The Bertz CT molecular complexity index is 451. The second-order valence-electron chi connectivity index (χ2n) is 5.48. The first-order valence-corrected chi connectivity index (χ1v) is 6.45. The number of rotatable bonds is 3. The van der Waals surface area contributed by atoms with Gasteiger partial charge in [0, 0.05) is 24.2 Å². The molecule has 0 saturated carbocycles. The number of hydrogen-bond acceptors (Lipinski definition) is 3. The van der Waals surface area contributed by atoms with Crippen molar-refractivity contribution in [3.05, 3.63) is 35.4 Å². The molecule has 106 valence electrons. The van der Waals surface area contributed by atoms with E-state index in [2.05, 4.69) is 4.90 Å². The van der Waals surface area contributed by atoms with E-state index in [0.29, 0.717) is 25.3 Å². The van der Waals surface area contributed by atoms with Gasteiger partial charge in [-0.25, -0.2) is 8.78 Å². The lowest BCUT2D eigenvalue weighted by atomic mass is 9.95. The quantitative estimate of drug-likeness (QED) is 0.914. The van der Waals surface area contributed by atoms with E-state index in [0.717, 1.165) is 12.1 Å². The molecule has 1 atom stereocenters. The molecule has 0 aliphatic carbocycles. The summed E-state index contributed by atoms with van der Waals surface area (Å²) in [5.41, 5.74) is 5.87. The molecule has 0 amide bonds. The van der Waals surface area contributed by atoms with Gasteiger partial charge in [-0.05, 0) is 32.0 Å². The van der Waals surface area contributed by atoms with Gasteiger partial charge in [-0.15, -0.1) is 0 Å². The highest BCUT2D eigenvalue weighted by molar-refractivity contribution is 5.23. The molecule has 19 heavy (non-hydrogen) atoms. The fourth-order valence-electron chi connectivity index (χ4n) is 2.64.